The van der Waals surface area contributed by atoms with Crippen LogP contribution in [0.15, 0.2) is 71.9 Å². The van der Waals surface area contributed by atoms with Crippen molar-refractivity contribution >= 4 is 17.7 Å². The summed E-state index contributed by atoms with van der Waals surface area (Å²) in [6, 6.07) is 8.61. The van der Waals surface area contributed by atoms with Gasteiger partial charge in [-0.25, -0.2) is 41.7 Å². The van der Waals surface area contributed by atoms with Crippen LogP contribution in [0.2, 0.25) is 0 Å². The number of hydrogen-bond acceptors (Lipinski definition) is 9. The van der Waals surface area contributed by atoms with Crippen LogP contribution in [0.5, 0.6) is 11.5 Å². The minimum atomic E-state index is -1.01. The molecule has 2 aliphatic carbocycles. The van der Waals surface area contributed by atoms with Gasteiger partial charge in [-0.2, -0.15) is 4.98 Å². The van der Waals surface area contributed by atoms with Crippen LogP contribution < -0.4 is 20.5 Å². The number of benzene rings is 2. The van der Waals surface area contributed by atoms with Gasteiger partial charge in [0.1, 0.15) is 40.7 Å². The normalized spacial score (nSPS) is 20.8. The summed E-state index contributed by atoms with van der Waals surface area (Å²) in [6.45, 7) is 5.01. The van der Waals surface area contributed by atoms with Gasteiger partial charge in [0.05, 0.1) is 55.0 Å². The molecule has 2 aliphatic rings. The van der Waals surface area contributed by atoms with Crippen LogP contribution in [-0.4, -0.2) is 55.1 Å². The molecule has 286 valence electrons. The third-order valence-corrected chi connectivity index (χ3v) is 9.61. The Kier molecular flexibility index (Phi) is 10.7. The van der Waals surface area contributed by atoms with E-state index in [-0.39, 0.29) is 48.7 Å². The number of rotatable bonds is 11. The van der Waals surface area contributed by atoms with E-state index in [9.17, 15) is 41.4 Å². The highest BCUT2D eigenvalue weighted by molar-refractivity contribution is 5.95. The van der Waals surface area contributed by atoms with Gasteiger partial charge in [0, 0.05) is 23.0 Å². The van der Waals surface area contributed by atoms with E-state index in [1.54, 1.807) is 20.8 Å². The van der Waals surface area contributed by atoms with Gasteiger partial charge in [0.25, 0.3) is 0 Å². The molecule has 3 aromatic heterocycles. The van der Waals surface area contributed by atoms with E-state index < -0.39 is 69.3 Å². The van der Waals surface area contributed by atoms with Crippen molar-refractivity contribution in [1.29, 1.82) is 0 Å². The van der Waals surface area contributed by atoms with Crippen molar-refractivity contribution in [3.8, 4) is 11.5 Å². The second-order valence-corrected chi connectivity index (χ2v) is 13.5. The zero-order valence-corrected chi connectivity index (χ0v) is 29.5. The van der Waals surface area contributed by atoms with Crippen LogP contribution >= 0.6 is 0 Å². The molecule has 0 unspecified atom stereocenters. The Labute approximate surface area is 309 Å². The van der Waals surface area contributed by atoms with Crippen molar-refractivity contribution in [2.45, 2.75) is 44.4 Å². The van der Waals surface area contributed by atoms with Gasteiger partial charge in [0.15, 0.2) is 11.5 Å². The molecule has 12 nitrogen and oxygen atoms in total. The number of carbonyl (C=O) groups is 2. The maximum Gasteiger partial charge on any atom is 0.345 e. The third-order valence-electron chi connectivity index (χ3n) is 9.61. The Balaban J connectivity index is 0.000000193. The number of hydrogen-bond donors (Lipinski definition) is 3. The number of halogens is 5. The molecule has 0 aliphatic heterocycles. The highest BCUT2D eigenvalue weighted by Crippen LogP contribution is 2.56. The molecule has 0 spiro atoms. The lowest BCUT2D eigenvalue weighted by Gasteiger charge is -2.20. The van der Waals surface area contributed by atoms with E-state index in [1.807, 2.05) is 0 Å². The number of anilines is 1. The maximum atomic E-state index is 13.9. The first-order valence-electron chi connectivity index (χ1n) is 16.8. The monoisotopic (exact) mass is 764 g/mol. The van der Waals surface area contributed by atoms with Crippen molar-refractivity contribution in [2.75, 3.05) is 18.5 Å². The second-order valence-electron chi connectivity index (χ2n) is 13.5. The first-order chi connectivity index (χ1) is 26.1. The number of aliphatic carboxylic acids is 1. The van der Waals surface area contributed by atoms with Gasteiger partial charge in [0.2, 0.25) is 5.91 Å². The maximum absolute atomic E-state index is 13.9. The number of nitrogens with one attached hydrogen (secondary N) is 2. The fraction of sp³-hybridized carbons (Fsp3) is 0.289. The molecule has 3 heterocycles. The molecule has 1 amide bonds. The Morgan fingerprint density at radius 1 is 0.764 bits per heavy atom. The summed E-state index contributed by atoms with van der Waals surface area (Å²) in [4.78, 5) is 53.6. The number of H-pyrrole nitrogens is 1. The molecule has 0 radical (unpaired) electrons. The molecule has 2 saturated carbocycles. The minimum Gasteiger partial charge on any atom is -0.489 e. The summed E-state index contributed by atoms with van der Waals surface area (Å²) in [5, 5.41) is 11.9. The fourth-order valence-corrected chi connectivity index (χ4v) is 6.49. The number of pyridine rings is 1. The minimum absolute atomic E-state index is 0.0138. The molecular weight excluding hydrogens is 731 g/mol. The molecule has 17 heteroatoms. The largest absolute Gasteiger partial charge is 0.489 e. The summed E-state index contributed by atoms with van der Waals surface area (Å²) in [7, 11) is 0. The molecule has 0 saturated heterocycles. The molecule has 2 aromatic carbocycles. The summed E-state index contributed by atoms with van der Waals surface area (Å²) >= 11 is 0. The van der Waals surface area contributed by atoms with Gasteiger partial charge >= 0.3 is 11.7 Å². The highest BCUT2D eigenvalue weighted by Gasteiger charge is 2.61. The standard InChI is InChI=1S/C21H17F3N4O3.C17H16F2N2O3/c1-11-17(9-26-20(30)27-11)31-10-21(12-4-14(23)6-15(24)5-12)7-16(21)19(29)28-18-3-2-13(22)8-25-18;1-9-15(7-20-10(2)21-9)24-8-17(6-14(17)16(22)23)11-3-12(18)5-13(19)4-11/h2-6,8-9,16H,7,10H2,1H3,(H,25,28,29)(H,26,27,30);3-5,7,14H,6,8H2,1-2H3,(H,22,23)/t16-,21+;14-,17+/m00/s1. The molecule has 55 heavy (non-hydrogen) atoms. The number of carboxylic acid groups (broad SMARTS) is 1. The van der Waals surface area contributed by atoms with Crippen molar-refractivity contribution in [3.63, 3.8) is 0 Å². The van der Waals surface area contributed by atoms with Crippen LogP contribution in [0.25, 0.3) is 0 Å². The lowest BCUT2D eigenvalue weighted by molar-refractivity contribution is -0.139. The van der Waals surface area contributed by atoms with Crippen molar-refractivity contribution < 1.29 is 46.1 Å². The predicted octanol–water partition coefficient (Wildman–Crippen LogP) is 5.66. The number of amides is 1. The van der Waals surface area contributed by atoms with Gasteiger partial charge in [-0.3, -0.25) is 9.59 Å². The van der Waals surface area contributed by atoms with Crippen LogP contribution in [-0.2, 0) is 20.4 Å². The van der Waals surface area contributed by atoms with Crippen LogP contribution in [0.1, 0.15) is 41.2 Å². The van der Waals surface area contributed by atoms with Gasteiger partial charge in [-0.15, -0.1) is 0 Å². The summed E-state index contributed by atoms with van der Waals surface area (Å²) in [5.74, 6) is -5.00. The number of carbonyl (C=O) groups excluding carboxylic acids is 1. The first kappa shape index (κ1) is 38.5. The lowest BCUT2D eigenvalue weighted by atomic mass is 9.93. The number of nitrogens with zero attached hydrogens (tertiary/aromatic N) is 4. The Morgan fingerprint density at radius 3 is 1.82 bits per heavy atom. The van der Waals surface area contributed by atoms with Gasteiger partial charge in [-0.05, 0) is 81.1 Å². The fourth-order valence-electron chi connectivity index (χ4n) is 6.49. The summed E-state index contributed by atoms with van der Waals surface area (Å²) in [6.07, 6.45) is 4.24. The molecular formula is C38H33F5N6O6. The smallest absolute Gasteiger partial charge is 0.345 e. The average Bonchev–Trinajstić information content (AvgIpc) is 4.03. The zero-order chi connectivity index (χ0) is 39.7. The van der Waals surface area contributed by atoms with Gasteiger partial charge in [-0.1, -0.05) is 0 Å². The van der Waals surface area contributed by atoms with E-state index >= 15 is 0 Å². The average molecular weight is 765 g/mol. The number of ether oxygens (including phenoxy) is 2. The first-order valence-corrected chi connectivity index (χ1v) is 16.8. The molecule has 2 fully saturated rings. The van der Waals surface area contributed by atoms with E-state index in [4.69, 9.17) is 9.47 Å². The van der Waals surface area contributed by atoms with Crippen molar-refractivity contribution in [3.05, 3.63) is 135 Å². The van der Waals surface area contributed by atoms with Crippen molar-refractivity contribution in [1.82, 2.24) is 24.9 Å². The van der Waals surface area contributed by atoms with Crippen LogP contribution in [0.4, 0.5) is 27.8 Å². The molecule has 5 aromatic rings. The highest BCUT2D eigenvalue weighted by atomic mass is 19.1. The van der Waals surface area contributed by atoms with E-state index in [0.717, 1.165) is 48.7 Å². The Hall–Kier alpha value is -6.26. The number of carboxylic acids is 1. The van der Waals surface area contributed by atoms with Crippen molar-refractivity contribution in [2.24, 2.45) is 11.8 Å². The predicted molar refractivity (Wildman–Crippen MR) is 185 cm³/mol. The Morgan fingerprint density at radius 2 is 1.31 bits per heavy atom. The molecule has 7 rings (SSSR count). The SMILES string of the molecule is Cc1[nH]c(=O)ncc1OC[C@@]1(c2cc(F)cc(F)c2)C[C@H]1C(=O)Nc1ccc(F)cn1.Cc1ncc(OC[C@@]2(c3cc(F)cc(F)c3)C[C@H]2C(=O)O)c(C)n1. The molecule has 4 atom stereocenters. The molecule has 3 N–H and O–H groups in total. The quantitative estimate of drug-likeness (QED) is 0.143. The number of aromatic nitrogens is 5. The van der Waals surface area contributed by atoms with Gasteiger partial charge < -0.3 is 24.9 Å². The number of aromatic amines is 1. The summed E-state index contributed by atoms with van der Waals surface area (Å²) < 4.78 is 79.4. The number of aryl methyl sites for hydroxylation is 3. The lowest BCUT2D eigenvalue weighted by Crippen LogP contribution is -2.27. The zero-order valence-electron chi connectivity index (χ0n) is 29.5. The van der Waals surface area contributed by atoms with E-state index in [1.165, 1.54) is 18.5 Å². The van der Waals surface area contributed by atoms with E-state index in [2.05, 4.69) is 30.2 Å². The van der Waals surface area contributed by atoms with E-state index in [0.29, 0.717) is 23.0 Å². The second kappa shape index (κ2) is 15.2. The topological polar surface area (TPSA) is 169 Å². The Bertz CT molecular complexity index is 2290. The van der Waals surface area contributed by atoms with Crippen LogP contribution in [0, 0.1) is 61.7 Å². The molecule has 0 bridgehead atoms. The van der Waals surface area contributed by atoms with Crippen LogP contribution in [0.3, 0.4) is 0 Å². The third kappa shape index (κ3) is 8.60. The summed E-state index contributed by atoms with van der Waals surface area (Å²) in [5.41, 5.74) is -0.886.